The number of halogens is 1. The van der Waals surface area contributed by atoms with Gasteiger partial charge in [0.05, 0.1) is 0 Å². The van der Waals surface area contributed by atoms with Crippen molar-refractivity contribution >= 4 is 11.6 Å². The zero-order valence-electron chi connectivity index (χ0n) is 9.51. The lowest BCUT2D eigenvalue weighted by atomic mass is 10.00. The minimum Gasteiger partial charge on any atom is -0.316 e. The van der Waals surface area contributed by atoms with Crippen LogP contribution in [-0.2, 0) is 6.54 Å². The molecule has 0 amide bonds. The summed E-state index contributed by atoms with van der Waals surface area (Å²) in [6.45, 7) is 4.28. The predicted octanol–water partition coefficient (Wildman–Crippen LogP) is 2.43. The van der Waals surface area contributed by atoms with E-state index in [1.54, 1.807) is 0 Å². The minimum absolute atomic E-state index is 0.774. The van der Waals surface area contributed by atoms with Gasteiger partial charge in [0.25, 0.3) is 0 Å². The van der Waals surface area contributed by atoms with Gasteiger partial charge in [-0.25, -0.2) is 0 Å². The number of benzene rings is 1. The molecule has 1 saturated heterocycles. The molecule has 1 fully saturated rings. The van der Waals surface area contributed by atoms with Gasteiger partial charge >= 0.3 is 0 Å². The van der Waals surface area contributed by atoms with Crippen LogP contribution in [0.15, 0.2) is 24.3 Å². The summed E-state index contributed by atoms with van der Waals surface area (Å²) >= 11 is 6.09. The Labute approximate surface area is 102 Å². The molecule has 0 radical (unpaired) electrons. The van der Waals surface area contributed by atoms with Crippen LogP contribution in [0.4, 0.5) is 0 Å². The van der Waals surface area contributed by atoms with Gasteiger partial charge in [-0.05, 0) is 50.0 Å². The molecule has 16 heavy (non-hydrogen) atoms. The van der Waals surface area contributed by atoms with E-state index in [0.29, 0.717) is 0 Å². The number of piperidine rings is 1. The van der Waals surface area contributed by atoms with Crippen LogP contribution >= 0.6 is 11.6 Å². The molecule has 0 saturated carbocycles. The van der Waals surface area contributed by atoms with Gasteiger partial charge in [0.1, 0.15) is 0 Å². The maximum atomic E-state index is 6.09. The van der Waals surface area contributed by atoms with Gasteiger partial charge in [-0.1, -0.05) is 29.8 Å². The molecule has 1 aliphatic rings. The Kier molecular flexibility index (Phi) is 4.64. The van der Waals surface area contributed by atoms with E-state index in [4.69, 9.17) is 11.6 Å². The first kappa shape index (κ1) is 11.9. The largest absolute Gasteiger partial charge is 0.316 e. The van der Waals surface area contributed by atoms with Crippen LogP contribution in [0, 0.1) is 5.92 Å². The van der Waals surface area contributed by atoms with E-state index in [9.17, 15) is 0 Å². The van der Waals surface area contributed by atoms with Crippen LogP contribution in [0.1, 0.15) is 18.4 Å². The Bertz CT molecular complexity index is 321. The van der Waals surface area contributed by atoms with Gasteiger partial charge in [0, 0.05) is 11.6 Å². The summed E-state index contributed by atoms with van der Waals surface area (Å²) in [5, 5.41) is 7.77. The second kappa shape index (κ2) is 6.24. The van der Waals surface area contributed by atoms with Gasteiger partial charge in [-0.2, -0.15) is 0 Å². The first-order valence-corrected chi connectivity index (χ1v) is 6.39. The lowest BCUT2D eigenvalue weighted by Crippen LogP contribution is -2.35. The summed E-state index contributed by atoms with van der Waals surface area (Å²) in [6, 6.07) is 8.02. The van der Waals surface area contributed by atoms with Crippen molar-refractivity contribution in [3.05, 3.63) is 34.9 Å². The summed E-state index contributed by atoms with van der Waals surface area (Å²) in [5.41, 5.74) is 1.19. The van der Waals surface area contributed by atoms with E-state index in [1.165, 1.54) is 24.9 Å². The van der Waals surface area contributed by atoms with Gasteiger partial charge in [0.15, 0.2) is 0 Å². The van der Waals surface area contributed by atoms with Crippen LogP contribution in [-0.4, -0.2) is 19.6 Å². The Morgan fingerprint density at radius 1 is 1.38 bits per heavy atom. The Hall–Kier alpha value is -0.570. The molecule has 1 heterocycles. The van der Waals surface area contributed by atoms with E-state index in [2.05, 4.69) is 16.7 Å². The highest BCUT2D eigenvalue weighted by atomic mass is 35.5. The lowest BCUT2D eigenvalue weighted by molar-refractivity contribution is 0.360. The van der Waals surface area contributed by atoms with Crippen LogP contribution in [0.3, 0.4) is 0 Å². The van der Waals surface area contributed by atoms with Gasteiger partial charge in [0.2, 0.25) is 0 Å². The average molecular weight is 239 g/mol. The Morgan fingerprint density at radius 2 is 2.25 bits per heavy atom. The Morgan fingerprint density at radius 3 is 3.00 bits per heavy atom. The number of hydrogen-bond donors (Lipinski definition) is 2. The smallest absolute Gasteiger partial charge is 0.0450 e. The molecule has 1 aliphatic heterocycles. The topological polar surface area (TPSA) is 24.1 Å². The third-order valence-electron chi connectivity index (χ3n) is 3.11. The van der Waals surface area contributed by atoms with Crippen molar-refractivity contribution in [1.82, 2.24) is 10.6 Å². The molecular formula is C13H19ClN2. The number of hydrogen-bond acceptors (Lipinski definition) is 2. The second-order valence-corrected chi connectivity index (χ2v) is 4.84. The highest BCUT2D eigenvalue weighted by Gasteiger charge is 2.12. The fraction of sp³-hybridized carbons (Fsp3) is 0.538. The first-order chi connectivity index (χ1) is 7.86. The van der Waals surface area contributed by atoms with E-state index in [0.717, 1.165) is 30.6 Å². The molecule has 0 unspecified atom stereocenters. The summed E-state index contributed by atoms with van der Waals surface area (Å²) in [6.07, 6.45) is 2.64. The summed E-state index contributed by atoms with van der Waals surface area (Å²) in [5.74, 6) is 0.774. The summed E-state index contributed by atoms with van der Waals surface area (Å²) in [4.78, 5) is 0. The molecule has 88 valence electrons. The van der Waals surface area contributed by atoms with Crippen molar-refractivity contribution in [2.75, 3.05) is 19.6 Å². The highest BCUT2D eigenvalue weighted by Crippen LogP contribution is 2.15. The fourth-order valence-corrected chi connectivity index (χ4v) is 2.35. The predicted molar refractivity (Wildman–Crippen MR) is 68.8 cm³/mol. The van der Waals surface area contributed by atoms with E-state index in [1.807, 2.05) is 18.2 Å². The second-order valence-electron chi connectivity index (χ2n) is 4.43. The summed E-state index contributed by atoms with van der Waals surface area (Å²) in [7, 11) is 0. The maximum absolute atomic E-state index is 6.09. The maximum Gasteiger partial charge on any atom is 0.0450 e. The van der Waals surface area contributed by atoms with Crippen molar-refractivity contribution in [1.29, 1.82) is 0 Å². The third-order valence-corrected chi connectivity index (χ3v) is 3.47. The van der Waals surface area contributed by atoms with Gasteiger partial charge in [-0.15, -0.1) is 0 Å². The van der Waals surface area contributed by atoms with E-state index >= 15 is 0 Å². The number of nitrogens with one attached hydrogen (secondary N) is 2. The van der Waals surface area contributed by atoms with Crippen molar-refractivity contribution in [3.63, 3.8) is 0 Å². The Balaban J connectivity index is 1.73. The van der Waals surface area contributed by atoms with E-state index < -0.39 is 0 Å². The molecule has 0 aliphatic carbocycles. The molecule has 0 aromatic heterocycles. The summed E-state index contributed by atoms with van der Waals surface area (Å²) < 4.78 is 0. The molecule has 0 spiro atoms. The highest BCUT2D eigenvalue weighted by molar-refractivity contribution is 6.31. The molecule has 1 atom stereocenters. The van der Waals surface area contributed by atoms with E-state index in [-0.39, 0.29) is 0 Å². The minimum atomic E-state index is 0.774. The van der Waals surface area contributed by atoms with Crippen LogP contribution in [0.2, 0.25) is 5.02 Å². The molecule has 2 nitrogen and oxygen atoms in total. The molecular weight excluding hydrogens is 220 g/mol. The molecule has 1 aromatic rings. The van der Waals surface area contributed by atoms with Crippen LogP contribution < -0.4 is 10.6 Å². The van der Waals surface area contributed by atoms with Crippen LogP contribution in [0.5, 0.6) is 0 Å². The van der Waals surface area contributed by atoms with Crippen LogP contribution in [0.25, 0.3) is 0 Å². The van der Waals surface area contributed by atoms with Crippen molar-refractivity contribution < 1.29 is 0 Å². The molecule has 0 bridgehead atoms. The van der Waals surface area contributed by atoms with Gasteiger partial charge < -0.3 is 10.6 Å². The van der Waals surface area contributed by atoms with Crippen molar-refractivity contribution in [2.24, 2.45) is 5.92 Å². The zero-order valence-corrected chi connectivity index (χ0v) is 10.3. The SMILES string of the molecule is Clc1ccccc1CNC[C@H]1CCCNC1. The molecule has 1 aromatic carbocycles. The standard InChI is InChI=1S/C13H19ClN2/c14-13-6-2-1-5-12(13)10-16-9-11-4-3-7-15-8-11/h1-2,5-6,11,15-16H,3-4,7-10H2/t11-/m0/s1. The average Bonchev–Trinajstić information content (AvgIpc) is 2.33. The lowest BCUT2D eigenvalue weighted by Gasteiger charge is -2.23. The monoisotopic (exact) mass is 238 g/mol. The fourth-order valence-electron chi connectivity index (χ4n) is 2.15. The third kappa shape index (κ3) is 3.48. The normalized spacial score (nSPS) is 20.9. The van der Waals surface area contributed by atoms with Crippen molar-refractivity contribution in [3.8, 4) is 0 Å². The molecule has 2 N–H and O–H groups in total. The number of rotatable bonds is 4. The molecule has 3 heteroatoms. The molecule has 2 rings (SSSR count). The quantitative estimate of drug-likeness (QED) is 0.842. The zero-order chi connectivity index (χ0) is 11.2. The first-order valence-electron chi connectivity index (χ1n) is 6.01. The van der Waals surface area contributed by atoms with Gasteiger partial charge in [-0.3, -0.25) is 0 Å². The van der Waals surface area contributed by atoms with Crippen molar-refractivity contribution in [2.45, 2.75) is 19.4 Å².